The van der Waals surface area contributed by atoms with Crippen LogP contribution >= 0.6 is 0 Å². The van der Waals surface area contributed by atoms with Crippen LogP contribution in [-0.2, 0) is 16.0 Å². The number of carbonyl (C=O) groups excluding carboxylic acids is 1. The first-order valence-electron chi connectivity index (χ1n) is 12.2. The summed E-state index contributed by atoms with van der Waals surface area (Å²) in [4.78, 5) is 23.1. The first-order chi connectivity index (χ1) is 17.0. The van der Waals surface area contributed by atoms with Gasteiger partial charge in [0.2, 0.25) is 5.91 Å². The van der Waals surface area contributed by atoms with Crippen LogP contribution in [0.2, 0.25) is 0 Å². The maximum Gasteiger partial charge on any atom is 0.490 e. The van der Waals surface area contributed by atoms with Gasteiger partial charge in [0.25, 0.3) is 0 Å². The number of fused-ring (bicyclic) bond motifs is 1. The van der Waals surface area contributed by atoms with Crippen LogP contribution in [0.15, 0.2) is 24.5 Å². The van der Waals surface area contributed by atoms with E-state index in [-0.39, 0.29) is 11.9 Å². The SMILES string of the molecule is CCCOc1c(-c2cnn(C3CCNCC3)c2)ccc2c1CC[C@H](C)N2C(C)=O.O=C(O)C(F)(F)F. The van der Waals surface area contributed by atoms with E-state index < -0.39 is 12.1 Å². The van der Waals surface area contributed by atoms with E-state index >= 15 is 0 Å². The van der Waals surface area contributed by atoms with Gasteiger partial charge in [0.1, 0.15) is 5.75 Å². The molecule has 0 bridgehead atoms. The lowest BCUT2D eigenvalue weighted by Crippen LogP contribution is -2.40. The summed E-state index contributed by atoms with van der Waals surface area (Å²) in [6, 6.07) is 4.86. The average Bonchev–Trinajstić information content (AvgIpc) is 3.32. The molecule has 1 fully saturated rings. The van der Waals surface area contributed by atoms with E-state index in [1.165, 1.54) is 0 Å². The third-order valence-electron chi connectivity index (χ3n) is 6.38. The van der Waals surface area contributed by atoms with E-state index in [0.29, 0.717) is 12.6 Å². The second-order valence-electron chi connectivity index (χ2n) is 9.06. The number of amides is 1. The number of aliphatic carboxylic acids is 1. The molecule has 11 heteroatoms. The largest absolute Gasteiger partial charge is 0.493 e. The Morgan fingerprint density at radius 1 is 1.22 bits per heavy atom. The fraction of sp³-hybridized carbons (Fsp3) is 0.560. The van der Waals surface area contributed by atoms with Gasteiger partial charge < -0.3 is 20.1 Å². The molecule has 1 amide bonds. The van der Waals surface area contributed by atoms with Gasteiger partial charge >= 0.3 is 12.1 Å². The number of carbonyl (C=O) groups is 2. The Hall–Kier alpha value is -3.08. The van der Waals surface area contributed by atoms with Crippen molar-refractivity contribution in [3.05, 3.63) is 30.1 Å². The van der Waals surface area contributed by atoms with E-state index in [4.69, 9.17) is 14.6 Å². The number of piperidine rings is 1. The van der Waals surface area contributed by atoms with Gasteiger partial charge in [0.05, 0.1) is 24.5 Å². The molecular formula is C25H33F3N4O4. The molecule has 1 saturated heterocycles. The molecular weight excluding hydrogens is 477 g/mol. The van der Waals surface area contributed by atoms with Crippen molar-refractivity contribution in [2.24, 2.45) is 0 Å². The summed E-state index contributed by atoms with van der Waals surface area (Å²) < 4.78 is 40.1. The summed E-state index contributed by atoms with van der Waals surface area (Å²) >= 11 is 0. The number of alkyl halides is 3. The number of hydrogen-bond donors (Lipinski definition) is 2. The van der Waals surface area contributed by atoms with Gasteiger partial charge in [-0.25, -0.2) is 4.79 Å². The molecule has 0 radical (unpaired) electrons. The van der Waals surface area contributed by atoms with Gasteiger partial charge in [-0.3, -0.25) is 9.48 Å². The molecule has 36 heavy (non-hydrogen) atoms. The first kappa shape index (κ1) is 27.5. The minimum absolute atomic E-state index is 0.0892. The molecule has 2 aliphatic heterocycles. The summed E-state index contributed by atoms with van der Waals surface area (Å²) in [6.45, 7) is 8.64. The van der Waals surface area contributed by atoms with Crippen molar-refractivity contribution in [2.45, 2.75) is 71.1 Å². The number of halogens is 3. The highest BCUT2D eigenvalue weighted by Crippen LogP contribution is 2.43. The number of aromatic nitrogens is 2. The average molecular weight is 511 g/mol. The molecule has 2 aromatic rings. The van der Waals surface area contributed by atoms with E-state index in [2.05, 4.69) is 47.3 Å². The van der Waals surface area contributed by atoms with E-state index in [1.54, 1.807) is 6.92 Å². The zero-order valence-corrected chi connectivity index (χ0v) is 20.8. The molecule has 1 atom stereocenters. The monoisotopic (exact) mass is 510 g/mol. The number of rotatable bonds is 5. The normalized spacial score (nSPS) is 18.2. The van der Waals surface area contributed by atoms with Crippen molar-refractivity contribution in [1.82, 2.24) is 15.1 Å². The predicted octanol–water partition coefficient (Wildman–Crippen LogP) is 4.58. The smallest absolute Gasteiger partial charge is 0.490 e. The summed E-state index contributed by atoms with van der Waals surface area (Å²) in [7, 11) is 0. The maximum absolute atomic E-state index is 12.3. The Morgan fingerprint density at radius 2 is 1.89 bits per heavy atom. The number of benzene rings is 1. The molecule has 3 heterocycles. The zero-order valence-electron chi connectivity index (χ0n) is 20.8. The highest BCUT2D eigenvalue weighted by molar-refractivity contribution is 5.95. The summed E-state index contributed by atoms with van der Waals surface area (Å²) in [5.74, 6) is -1.74. The van der Waals surface area contributed by atoms with Crippen LogP contribution in [0.4, 0.5) is 18.9 Å². The Kier molecular flexibility index (Phi) is 8.99. The van der Waals surface area contributed by atoms with Crippen molar-refractivity contribution >= 4 is 17.6 Å². The molecule has 2 aliphatic rings. The van der Waals surface area contributed by atoms with Gasteiger partial charge in [-0.2, -0.15) is 18.3 Å². The minimum Gasteiger partial charge on any atom is -0.493 e. The van der Waals surface area contributed by atoms with Crippen molar-refractivity contribution in [3.8, 4) is 16.9 Å². The third kappa shape index (κ3) is 6.37. The van der Waals surface area contributed by atoms with Gasteiger partial charge in [-0.05, 0) is 64.3 Å². The highest BCUT2D eigenvalue weighted by Gasteiger charge is 2.38. The molecule has 1 aromatic carbocycles. The Morgan fingerprint density at radius 3 is 2.47 bits per heavy atom. The van der Waals surface area contributed by atoms with Crippen LogP contribution < -0.4 is 15.0 Å². The second-order valence-corrected chi connectivity index (χ2v) is 9.06. The van der Waals surface area contributed by atoms with Crippen LogP contribution in [0, 0.1) is 0 Å². The number of anilines is 1. The number of hydrogen-bond acceptors (Lipinski definition) is 5. The lowest BCUT2D eigenvalue weighted by Gasteiger charge is -2.36. The van der Waals surface area contributed by atoms with Crippen molar-refractivity contribution in [1.29, 1.82) is 0 Å². The van der Waals surface area contributed by atoms with E-state index in [0.717, 1.165) is 73.3 Å². The van der Waals surface area contributed by atoms with Crippen LogP contribution in [0.5, 0.6) is 5.75 Å². The second kappa shape index (κ2) is 11.8. The molecule has 0 unspecified atom stereocenters. The molecule has 8 nitrogen and oxygen atoms in total. The summed E-state index contributed by atoms with van der Waals surface area (Å²) in [5, 5.41) is 15.2. The summed E-state index contributed by atoms with van der Waals surface area (Å²) in [5.41, 5.74) is 4.32. The Bertz CT molecular complexity index is 1060. The zero-order chi connectivity index (χ0) is 26.5. The molecule has 2 N–H and O–H groups in total. The van der Waals surface area contributed by atoms with Gasteiger partial charge in [0, 0.05) is 35.9 Å². The van der Waals surface area contributed by atoms with Crippen LogP contribution in [0.25, 0.3) is 11.1 Å². The quantitative estimate of drug-likeness (QED) is 0.611. The minimum atomic E-state index is -5.08. The molecule has 0 saturated carbocycles. The molecule has 0 spiro atoms. The van der Waals surface area contributed by atoms with Crippen molar-refractivity contribution in [3.63, 3.8) is 0 Å². The number of nitrogens with one attached hydrogen (secondary N) is 1. The summed E-state index contributed by atoms with van der Waals surface area (Å²) in [6.07, 6.45) is 4.07. The van der Waals surface area contributed by atoms with Crippen LogP contribution in [0.3, 0.4) is 0 Å². The number of nitrogens with zero attached hydrogens (tertiary/aromatic N) is 3. The highest BCUT2D eigenvalue weighted by atomic mass is 19.4. The van der Waals surface area contributed by atoms with Crippen molar-refractivity contribution < 1.29 is 32.6 Å². The van der Waals surface area contributed by atoms with Gasteiger partial charge in [-0.1, -0.05) is 6.92 Å². The van der Waals surface area contributed by atoms with E-state index in [9.17, 15) is 18.0 Å². The fourth-order valence-corrected chi connectivity index (χ4v) is 4.63. The van der Waals surface area contributed by atoms with E-state index in [1.807, 2.05) is 11.1 Å². The van der Waals surface area contributed by atoms with Crippen LogP contribution in [-0.4, -0.2) is 58.7 Å². The number of carboxylic acid groups (broad SMARTS) is 1. The topological polar surface area (TPSA) is 96.7 Å². The van der Waals surface area contributed by atoms with Crippen molar-refractivity contribution in [2.75, 3.05) is 24.6 Å². The third-order valence-corrected chi connectivity index (χ3v) is 6.38. The maximum atomic E-state index is 12.3. The standard InChI is InChI=1S/C23H32N4O2.C2HF3O2/c1-4-13-29-23-20(18-14-25-26(15-18)19-9-11-24-12-10-19)7-8-22-21(23)6-5-16(2)27(22)17(3)28;3-2(4,5)1(6)7/h7-8,14-16,19,24H,4-6,9-13H2,1-3H3;(H,6,7)/t16-;/m0./s1. The molecule has 198 valence electrons. The fourth-order valence-electron chi connectivity index (χ4n) is 4.63. The van der Waals surface area contributed by atoms with Gasteiger partial charge in [-0.15, -0.1) is 0 Å². The Labute approximate surface area is 208 Å². The number of carboxylic acids is 1. The van der Waals surface area contributed by atoms with Crippen LogP contribution in [0.1, 0.15) is 58.1 Å². The predicted molar refractivity (Wildman–Crippen MR) is 129 cm³/mol. The van der Waals surface area contributed by atoms with Gasteiger partial charge in [0.15, 0.2) is 0 Å². The first-order valence-corrected chi connectivity index (χ1v) is 12.2. The lowest BCUT2D eigenvalue weighted by molar-refractivity contribution is -0.192. The number of ether oxygens (including phenoxy) is 1. The Balaban J connectivity index is 0.000000454. The molecule has 0 aliphatic carbocycles. The molecule has 1 aromatic heterocycles. The lowest BCUT2D eigenvalue weighted by atomic mass is 9.92. The molecule has 4 rings (SSSR count).